The molecule has 0 radical (unpaired) electrons. The summed E-state index contributed by atoms with van der Waals surface area (Å²) in [5, 5.41) is 5.01. The van der Waals surface area contributed by atoms with Crippen LogP contribution in [-0.2, 0) is 14.4 Å². The molecule has 1 fully saturated rings. The Balaban J connectivity index is 1.49. The Labute approximate surface area is 246 Å². The summed E-state index contributed by atoms with van der Waals surface area (Å²) in [6.07, 6.45) is 2.08. The fourth-order valence-electron chi connectivity index (χ4n) is 3.99. The highest BCUT2D eigenvalue weighted by Crippen LogP contribution is 2.34. The molecule has 0 aromatic heterocycles. The third-order valence-electron chi connectivity index (χ3n) is 5.98. The van der Waals surface area contributed by atoms with E-state index < -0.39 is 23.8 Å². The quantitative estimate of drug-likeness (QED) is 0.239. The molecule has 0 unspecified atom stereocenters. The van der Waals surface area contributed by atoms with Gasteiger partial charge >= 0.3 is 6.03 Å². The van der Waals surface area contributed by atoms with Gasteiger partial charge in [0.25, 0.3) is 17.7 Å². The second kappa shape index (κ2) is 13.6. The van der Waals surface area contributed by atoms with Gasteiger partial charge < -0.3 is 24.3 Å². The molecule has 1 heterocycles. The zero-order chi connectivity index (χ0) is 30.2. The summed E-state index contributed by atoms with van der Waals surface area (Å²) in [5.74, 6) is -0.643. The Morgan fingerprint density at radius 3 is 2.38 bits per heavy atom. The van der Waals surface area contributed by atoms with E-state index in [1.54, 1.807) is 36.4 Å². The number of benzene rings is 3. The van der Waals surface area contributed by atoms with Crippen molar-refractivity contribution in [3.63, 3.8) is 0 Å². The molecule has 1 aliphatic heterocycles. The van der Waals surface area contributed by atoms with Crippen molar-refractivity contribution in [1.82, 2.24) is 5.32 Å². The van der Waals surface area contributed by atoms with Gasteiger partial charge in [-0.2, -0.15) is 0 Å². The van der Waals surface area contributed by atoms with Crippen molar-refractivity contribution >= 4 is 52.8 Å². The van der Waals surface area contributed by atoms with Crippen LogP contribution in [-0.4, -0.2) is 51.2 Å². The third kappa shape index (κ3) is 6.81. The summed E-state index contributed by atoms with van der Waals surface area (Å²) in [6.45, 7) is 2.09. The number of ether oxygens (including phenoxy) is 4. The first-order valence-electron chi connectivity index (χ1n) is 12.8. The van der Waals surface area contributed by atoms with Crippen LogP contribution in [0, 0.1) is 0 Å². The van der Waals surface area contributed by atoms with Gasteiger partial charge in [0.05, 0.1) is 37.2 Å². The minimum Gasteiger partial charge on any atom is -0.495 e. The molecule has 3 aromatic rings. The van der Waals surface area contributed by atoms with Crippen LogP contribution in [0.15, 0.2) is 66.2 Å². The van der Waals surface area contributed by atoms with Crippen LogP contribution in [0.25, 0.3) is 6.08 Å². The predicted molar refractivity (Wildman–Crippen MR) is 156 cm³/mol. The van der Waals surface area contributed by atoms with Crippen molar-refractivity contribution < 1.29 is 38.1 Å². The summed E-state index contributed by atoms with van der Waals surface area (Å²) in [4.78, 5) is 51.8. The normalized spacial score (nSPS) is 14.0. The van der Waals surface area contributed by atoms with Crippen LogP contribution in [0.5, 0.6) is 23.0 Å². The number of halogens is 1. The summed E-state index contributed by atoms with van der Waals surface area (Å²) in [6, 6.07) is 15.1. The van der Waals surface area contributed by atoms with Gasteiger partial charge in [-0.25, -0.2) is 9.69 Å². The first-order chi connectivity index (χ1) is 20.2. The van der Waals surface area contributed by atoms with Crippen LogP contribution in [0.2, 0.25) is 5.02 Å². The number of urea groups is 1. The lowest BCUT2D eigenvalue weighted by Gasteiger charge is -2.27. The number of rotatable bonds is 11. The molecule has 0 spiro atoms. The molecule has 1 saturated heterocycles. The van der Waals surface area contributed by atoms with Gasteiger partial charge in [-0.15, -0.1) is 0 Å². The van der Waals surface area contributed by atoms with Crippen LogP contribution >= 0.6 is 11.6 Å². The zero-order valence-electron chi connectivity index (χ0n) is 23.1. The van der Waals surface area contributed by atoms with Crippen molar-refractivity contribution in [2.75, 3.05) is 37.7 Å². The van der Waals surface area contributed by atoms with Gasteiger partial charge in [-0.05, 0) is 54.5 Å². The highest BCUT2D eigenvalue weighted by molar-refractivity contribution is 6.39. The van der Waals surface area contributed by atoms with E-state index in [1.165, 1.54) is 44.6 Å². The molecule has 0 saturated carbocycles. The van der Waals surface area contributed by atoms with Crippen molar-refractivity contribution in [1.29, 1.82) is 0 Å². The Morgan fingerprint density at radius 1 is 0.929 bits per heavy atom. The van der Waals surface area contributed by atoms with E-state index in [0.29, 0.717) is 35.1 Å². The van der Waals surface area contributed by atoms with Gasteiger partial charge in [-0.1, -0.05) is 36.7 Å². The molecule has 0 atom stereocenters. The maximum absolute atomic E-state index is 13.3. The Hall–Kier alpha value is -5.03. The minimum absolute atomic E-state index is 0.137. The van der Waals surface area contributed by atoms with Crippen molar-refractivity contribution in [2.45, 2.75) is 13.3 Å². The fourth-order valence-corrected chi connectivity index (χ4v) is 4.23. The van der Waals surface area contributed by atoms with E-state index in [4.69, 9.17) is 30.5 Å². The molecule has 42 heavy (non-hydrogen) atoms. The number of anilines is 2. The summed E-state index contributed by atoms with van der Waals surface area (Å²) in [5.41, 5.74) is 0.772. The number of nitrogens with zero attached hydrogens (tertiary/aromatic N) is 1. The van der Waals surface area contributed by atoms with Crippen LogP contribution in [0.1, 0.15) is 18.9 Å². The van der Waals surface area contributed by atoms with E-state index in [1.807, 2.05) is 6.92 Å². The number of para-hydroxylation sites is 2. The van der Waals surface area contributed by atoms with Crippen molar-refractivity contribution in [3.8, 4) is 23.0 Å². The van der Waals surface area contributed by atoms with E-state index in [-0.39, 0.29) is 28.6 Å². The molecule has 0 aliphatic carbocycles. The Morgan fingerprint density at radius 2 is 1.67 bits per heavy atom. The minimum atomic E-state index is -0.903. The van der Waals surface area contributed by atoms with Crippen molar-refractivity contribution in [3.05, 3.63) is 76.8 Å². The van der Waals surface area contributed by atoms with E-state index in [9.17, 15) is 19.2 Å². The summed E-state index contributed by atoms with van der Waals surface area (Å²) < 4.78 is 21.8. The molecule has 2 N–H and O–H groups in total. The largest absolute Gasteiger partial charge is 0.495 e. The van der Waals surface area contributed by atoms with Crippen LogP contribution in [0.3, 0.4) is 0 Å². The average molecular weight is 594 g/mol. The van der Waals surface area contributed by atoms with Gasteiger partial charge in [-0.3, -0.25) is 19.7 Å². The SMILES string of the molecule is CCCOc1ccc(N2C(=O)NC(=O)/C(=C/c3ccc(OCC(=O)Nc4ccccc4OC)c(Cl)c3)C2=O)cc1OC. The lowest BCUT2D eigenvalue weighted by atomic mass is 10.1. The molecule has 5 amide bonds. The molecule has 12 heteroatoms. The van der Waals surface area contributed by atoms with E-state index >= 15 is 0 Å². The molecule has 0 bridgehead atoms. The lowest BCUT2D eigenvalue weighted by molar-refractivity contribution is -0.122. The summed E-state index contributed by atoms with van der Waals surface area (Å²) in [7, 11) is 2.94. The first kappa shape index (κ1) is 29.9. The smallest absolute Gasteiger partial charge is 0.335 e. The predicted octanol–water partition coefficient (Wildman–Crippen LogP) is 4.83. The average Bonchev–Trinajstić information content (AvgIpc) is 2.98. The van der Waals surface area contributed by atoms with Crippen LogP contribution in [0.4, 0.5) is 16.2 Å². The highest BCUT2D eigenvalue weighted by Gasteiger charge is 2.37. The highest BCUT2D eigenvalue weighted by atomic mass is 35.5. The molecular weight excluding hydrogens is 566 g/mol. The molecule has 3 aromatic carbocycles. The third-order valence-corrected chi connectivity index (χ3v) is 6.27. The number of imide groups is 2. The Bertz CT molecular complexity index is 1560. The van der Waals surface area contributed by atoms with Crippen LogP contribution < -0.4 is 34.5 Å². The second-order valence-electron chi connectivity index (χ2n) is 8.87. The van der Waals surface area contributed by atoms with Gasteiger partial charge in [0.1, 0.15) is 17.1 Å². The first-order valence-corrected chi connectivity index (χ1v) is 13.2. The molecule has 11 nitrogen and oxygen atoms in total. The Kier molecular flexibility index (Phi) is 9.66. The zero-order valence-corrected chi connectivity index (χ0v) is 23.8. The number of methoxy groups -OCH3 is 2. The number of hydrogen-bond acceptors (Lipinski definition) is 8. The van der Waals surface area contributed by atoms with Crippen molar-refractivity contribution in [2.24, 2.45) is 0 Å². The maximum Gasteiger partial charge on any atom is 0.335 e. The lowest BCUT2D eigenvalue weighted by Crippen LogP contribution is -2.54. The molecular formula is C30H28ClN3O8. The second-order valence-corrected chi connectivity index (χ2v) is 9.28. The number of barbiturate groups is 1. The molecule has 1 aliphatic rings. The summed E-state index contributed by atoms with van der Waals surface area (Å²) >= 11 is 6.36. The van der Waals surface area contributed by atoms with E-state index in [0.717, 1.165) is 11.3 Å². The molecule has 218 valence electrons. The van der Waals surface area contributed by atoms with Gasteiger partial charge in [0.2, 0.25) is 0 Å². The fraction of sp³-hybridized carbons (Fsp3) is 0.200. The number of carbonyl (C=O) groups is 4. The maximum atomic E-state index is 13.3. The topological polar surface area (TPSA) is 132 Å². The monoisotopic (exact) mass is 593 g/mol. The standard InChI is InChI=1S/C30H28ClN3O8/c1-4-13-41-25-12-10-19(16-26(25)40-3)34-29(37)20(28(36)33-30(34)38)14-18-9-11-23(21(31)15-18)42-17-27(35)32-22-7-5-6-8-24(22)39-2/h5-12,14-16H,4,13,17H2,1-3H3,(H,32,35)(H,33,36,38)/b20-14-. The number of amides is 5. The number of hydrogen-bond donors (Lipinski definition) is 2. The molecule has 4 rings (SSSR count). The van der Waals surface area contributed by atoms with E-state index in [2.05, 4.69) is 10.6 Å². The number of carbonyl (C=O) groups excluding carboxylic acids is 4. The van der Waals surface area contributed by atoms with Gasteiger partial charge in [0, 0.05) is 6.07 Å². The number of nitrogens with one attached hydrogen (secondary N) is 2. The van der Waals surface area contributed by atoms with Gasteiger partial charge in [0.15, 0.2) is 18.1 Å².